The Morgan fingerprint density at radius 3 is 2.43 bits per heavy atom. The summed E-state index contributed by atoms with van der Waals surface area (Å²) in [6.07, 6.45) is 0. The van der Waals surface area contributed by atoms with Crippen LogP contribution in [-0.2, 0) is 10.0 Å². The number of hydrogen-bond donors (Lipinski definition) is 2. The third-order valence-corrected chi connectivity index (χ3v) is 6.17. The van der Waals surface area contributed by atoms with Gasteiger partial charge >= 0.3 is 0 Å². The third kappa shape index (κ3) is 5.44. The molecule has 35 heavy (non-hydrogen) atoms. The van der Waals surface area contributed by atoms with Gasteiger partial charge in [-0.2, -0.15) is 13.2 Å². The van der Waals surface area contributed by atoms with Gasteiger partial charge in [-0.25, -0.2) is 0 Å². The molecule has 9 nitrogen and oxygen atoms in total. The maximum atomic E-state index is 13.2. The van der Waals surface area contributed by atoms with Gasteiger partial charge in [-0.3, -0.25) is 4.79 Å². The van der Waals surface area contributed by atoms with Crippen LogP contribution in [0, 0.1) is 0 Å². The van der Waals surface area contributed by atoms with E-state index in [-0.39, 0.29) is 16.0 Å². The molecule has 0 aliphatic rings. The van der Waals surface area contributed by atoms with Crippen molar-refractivity contribution >= 4 is 32.6 Å². The van der Waals surface area contributed by atoms with E-state index in [0.717, 1.165) is 0 Å². The smallest absolute Gasteiger partial charge is 0.276 e. The molecule has 4 rings (SSSR count). The molecule has 0 saturated carbocycles. The van der Waals surface area contributed by atoms with Gasteiger partial charge < -0.3 is 19.2 Å². The van der Waals surface area contributed by atoms with Crippen LogP contribution < -0.4 is 25.2 Å². The molecule has 0 saturated heterocycles. The molecule has 0 aliphatic carbocycles. The predicted molar refractivity (Wildman–Crippen MR) is 131 cm³/mol. The Bertz CT molecular complexity index is 1510. The molecular formula is C25H23N3O6S. The second kappa shape index (κ2) is 10.3. The van der Waals surface area contributed by atoms with E-state index in [1.54, 1.807) is 66.7 Å². The summed E-state index contributed by atoms with van der Waals surface area (Å²) in [5.41, 5.74) is 0.616. The number of methoxy groups -OCH3 is 1. The zero-order valence-electron chi connectivity index (χ0n) is 19.0. The van der Waals surface area contributed by atoms with Gasteiger partial charge in [0, 0.05) is 11.1 Å². The molecule has 3 aromatic carbocycles. The van der Waals surface area contributed by atoms with E-state index >= 15 is 0 Å². The first-order valence-corrected chi connectivity index (χ1v) is 12.2. The number of anilines is 1. The molecule has 0 spiro atoms. The Morgan fingerprint density at radius 2 is 1.74 bits per heavy atom. The van der Waals surface area contributed by atoms with E-state index in [9.17, 15) is 13.2 Å². The van der Waals surface area contributed by atoms with E-state index in [0.29, 0.717) is 34.8 Å². The van der Waals surface area contributed by atoms with Crippen molar-refractivity contribution in [3.63, 3.8) is 0 Å². The van der Waals surface area contributed by atoms with Crippen molar-refractivity contribution in [2.75, 3.05) is 19.0 Å². The number of ether oxygens (including phenoxy) is 2. The van der Waals surface area contributed by atoms with Crippen LogP contribution >= 0.6 is 0 Å². The van der Waals surface area contributed by atoms with Gasteiger partial charge in [0.05, 0.1) is 18.6 Å². The van der Waals surface area contributed by atoms with Crippen LogP contribution in [0.5, 0.6) is 11.5 Å². The Kier molecular flexibility index (Phi) is 7.02. The number of amides is 1. The Balaban J connectivity index is 1.75. The van der Waals surface area contributed by atoms with Crippen LogP contribution in [0.15, 0.2) is 93.3 Å². The summed E-state index contributed by atoms with van der Waals surface area (Å²) < 4.78 is 41.9. The maximum absolute atomic E-state index is 13.2. The molecule has 0 fully saturated rings. The molecule has 1 heterocycles. The van der Waals surface area contributed by atoms with Gasteiger partial charge in [0.1, 0.15) is 11.3 Å². The quantitative estimate of drug-likeness (QED) is 0.360. The number of nitrogens with one attached hydrogen (secondary N) is 2. The van der Waals surface area contributed by atoms with Crippen LogP contribution in [0.3, 0.4) is 0 Å². The summed E-state index contributed by atoms with van der Waals surface area (Å²) in [5.74, 6) is 0.535. The lowest BCUT2D eigenvalue weighted by Crippen LogP contribution is -2.27. The molecule has 0 bridgehead atoms. The standard InChI is InChI=1S/C25H23N3O6S/c1-3-33-19-14-12-18(13-15-19)26-24(29)21-16-17-8-7-11-22(32-2)23(17)34-25(21)27-28-35(30,31)20-9-5-4-6-10-20/h4-16,28H,3H2,1-2H3,(H,26,29)/b27-25+. The fraction of sp³-hybridized carbons (Fsp3) is 0.120. The Labute approximate surface area is 202 Å². The molecule has 0 aliphatic heterocycles. The summed E-state index contributed by atoms with van der Waals surface area (Å²) in [6.45, 7) is 2.41. The van der Waals surface area contributed by atoms with Crippen molar-refractivity contribution in [3.8, 4) is 11.5 Å². The highest BCUT2D eigenvalue weighted by atomic mass is 32.2. The molecule has 10 heteroatoms. The minimum atomic E-state index is -3.99. The van der Waals surface area contributed by atoms with E-state index in [1.807, 2.05) is 6.92 Å². The fourth-order valence-electron chi connectivity index (χ4n) is 3.28. The van der Waals surface area contributed by atoms with Crippen LogP contribution in [0.2, 0.25) is 0 Å². The van der Waals surface area contributed by atoms with Crippen molar-refractivity contribution in [1.82, 2.24) is 4.83 Å². The molecule has 2 N–H and O–H groups in total. The normalized spacial score (nSPS) is 11.8. The highest BCUT2D eigenvalue weighted by Crippen LogP contribution is 2.25. The molecule has 180 valence electrons. The molecule has 1 aromatic heterocycles. The molecule has 0 unspecified atom stereocenters. The van der Waals surface area contributed by atoms with E-state index < -0.39 is 15.9 Å². The molecule has 1 amide bonds. The van der Waals surface area contributed by atoms with E-state index in [4.69, 9.17) is 13.9 Å². The summed E-state index contributed by atoms with van der Waals surface area (Å²) in [4.78, 5) is 15.3. The van der Waals surface area contributed by atoms with Gasteiger partial charge in [0.15, 0.2) is 11.3 Å². The van der Waals surface area contributed by atoms with E-state index in [2.05, 4.69) is 15.2 Å². The number of carbonyl (C=O) groups is 1. The van der Waals surface area contributed by atoms with Crippen molar-refractivity contribution in [2.24, 2.45) is 5.10 Å². The maximum Gasteiger partial charge on any atom is 0.276 e. The first-order valence-electron chi connectivity index (χ1n) is 10.7. The van der Waals surface area contributed by atoms with Gasteiger partial charge in [0.2, 0.25) is 5.55 Å². The number of benzene rings is 3. The minimum Gasteiger partial charge on any atom is -0.494 e. The fourth-order valence-corrected chi connectivity index (χ4v) is 4.11. The zero-order chi connectivity index (χ0) is 24.8. The zero-order valence-corrected chi connectivity index (χ0v) is 19.8. The van der Waals surface area contributed by atoms with Crippen molar-refractivity contribution in [2.45, 2.75) is 11.8 Å². The number of hydrogen-bond acceptors (Lipinski definition) is 7. The molecule has 0 atom stereocenters. The highest BCUT2D eigenvalue weighted by Gasteiger charge is 2.17. The third-order valence-electron chi connectivity index (χ3n) is 4.95. The second-order valence-corrected chi connectivity index (χ2v) is 8.94. The van der Waals surface area contributed by atoms with Crippen molar-refractivity contribution in [3.05, 3.63) is 90.0 Å². The molecule has 4 aromatic rings. The summed E-state index contributed by atoms with van der Waals surface area (Å²) in [5, 5.41) is 7.28. The number of fused-ring (bicyclic) bond motifs is 1. The van der Waals surface area contributed by atoms with Crippen LogP contribution in [0.1, 0.15) is 17.3 Å². The predicted octanol–water partition coefficient (Wildman–Crippen LogP) is 3.89. The summed E-state index contributed by atoms with van der Waals surface area (Å²) >= 11 is 0. The topological polar surface area (TPSA) is 119 Å². The van der Waals surface area contributed by atoms with E-state index in [1.165, 1.54) is 19.2 Å². The largest absolute Gasteiger partial charge is 0.494 e. The second-order valence-electron chi connectivity index (χ2n) is 7.27. The molecule has 0 radical (unpaired) electrons. The lowest BCUT2D eigenvalue weighted by molar-refractivity contribution is 0.102. The summed E-state index contributed by atoms with van der Waals surface area (Å²) in [7, 11) is -2.51. The monoisotopic (exact) mass is 493 g/mol. The average molecular weight is 494 g/mol. The molecular weight excluding hydrogens is 470 g/mol. The van der Waals surface area contributed by atoms with Gasteiger partial charge in [-0.1, -0.05) is 30.3 Å². The van der Waals surface area contributed by atoms with Crippen LogP contribution in [-0.4, -0.2) is 28.0 Å². The number of nitrogens with zero attached hydrogens (tertiary/aromatic N) is 1. The van der Waals surface area contributed by atoms with Gasteiger partial charge in [-0.15, -0.1) is 5.10 Å². The number of carbonyl (C=O) groups excluding carboxylic acids is 1. The van der Waals surface area contributed by atoms with Gasteiger partial charge in [-0.05, 0) is 55.5 Å². The van der Waals surface area contributed by atoms with Crippen LogP contribution in [0.4, 0.5) is 5.69 Å². The van der Waals surface area contributed by atoms with Gasteiger partial charge in [0.25, 0.3) is 15.9 Å². The lowest BCUT2D eigenvalue weighted by atomic mass is 10.1. The first-order chi connectivity index (χ1) is 16.9. The lowest BCUT2D eigenvalue weighted by Gasteiger charge is -2.10. The first kappa shape index (κ1) is 23.8. The minimum absolute atomic E-state index is 0.0162. The Hall–Kier alpha value is -4.31. The number of sulfonamides is 1. The Morgan fingerprint density at radius 1 is 1.00 bits per heavy atom. The van der Waals surface area contributed by atoms with Crippen molar-refractivity contribution in [1.29, 1.82) is 0 Å². The number of rotatable bonds is 8. The van der Waals surface area contributed by atoms with Crippen molar-refractivity contribution < 1.29 is 27.1 Å². The number of para-hydroxylation sites is 1. The SMILES string of the molecule is CCOc1ccc(NC(=O)c2cc3cccc(OC)c3o/c2=N/NS(=O)(=O)c2ccccc2)cc1. The average Bonchev–Trinajstić information content (AvgIpc) is 2.88. The van der Waals surface area contributed by atoms with Crippen LogP contribution in [0.25, 0.3) is 11.0 Å². The highest BCUT2D eigenvalue weighted by molar-refractivity contribution is 7.89. The summed E-state index contributed by atoms with van der Waals surface area (Å²) in [6, 6.07) is 21.3.